The van der Waals surface area contributed by atoms with Gasteiger partial charge in [-0.25, -0.2) is 9.18 Å². The third-order valence-corrected chi connectivity index (χ3v) is 3.88. The fraction of sp³-hybridized carbons (Fsp3) is 0.158. The highest BCUT2D eigenvalue weighted by molar-refractivity contribution is 5.99. The standard InChI is InChI=1S/C19H19FN4O2/c1-13-5-3-4-6-14(13)12-24-10-9-18(23-24)22-19(25)21-15-7-8-16(20)17(11-15)26-2/h3-11H,12H2,1-2H3,(H2,21,22,23,25). The predicted octanol–water partition coefficient (Wildman–Crippen LogP) is 4.03. The Bertz CT molecular complexity index is 923. The van der Waals surface area contributed by atoms with Gasteiger partial charge in [0, 0.05) is 24.0 Å². The first kappa shape index (κ1) is 17.5. The molecular formula is C19H19FN4O2. The molecule has 0 unspecified atom stereocenters. The summed E-state index contributed by atoms with van der Waals surface area (Å²) in [7, 11) is 1.36. The van der Waals surface area contributed by atoms with Crippen molar-refractivity contribution >= 4 is 17.5 Å². The number of benzene rings is 2. The van der Waals surface area contributed by atoms with Crippen molar-refractivity contribution in [1.82, 2.24) is 9.78 Å². The number of amides is 2. The number of carbonyl (C=O) groups is 1. The summed E-state index contributed by atoms with van der Waals surface area (Å²) in [6.45, 7) is 2.66. The third kappa shape index (κ3) is 4.18. The van der Waals surface area contributed by atoms with Crippen LogP contribution in [0.15, 0.2) is 54.7 Å². The molecule has 0 fully saturated rings. The Morgan fingerprint density at radius 1 is 1.19 bits per heavy atom. The quantitative estimate of drug-likeness (QED) is 0.727. The first-order valence-electron chi connectivity index (χ1n) is 8.04. The van der Waals surface area contributed by atoms with E-state index in [2.05, 4.69) is 15.7 Å². The monoisotopic (exact) mass is 354 g/mol. The van der Waals surface area contributed by atoms with Crippen LogP contribution >= 0.6 is 0 Å². The highest BCUT2D eigenvalue weighted by Crippen LogP contribution is 2.21. The Morgan fingerprint density at radius 3 is 2.77 bits per heavy atom. The molecule has 0 radical (unpaired) electrons. The number of ether oxygens (including phenoxy) is 1. The number of halogens is 1. The van der Waals surface area contributed by atoms with Gasteiger partial charge in [-0.2, -0.15) is 5.10 Å². The average molecular weight is 354 g/mol. The summed E-state index contributed by atoms with van der Waals surface area (Å²) in [4.78, 5) is 12.1. The zero-order chi connectivity index (χ0) is 18.5. The van der Waals surface area contributed by atoms with Crippen LogP contribution < -0.4 is 15.4 Å². The molecule has 2 N–H and O–H groups in total. The maximum Gasteiger partial charge on any atom is 0.324 e. The van der Waals surface area contributed by atoms with Gasteiger partial charge in [-0.05, 0) is 30.2 Å². The number of carbonyl (C=O) groups excluding carboxylic acids is 1. The number of hydrogen-bond acceptors (Lipinski definition) is 3. The van der Waals surface area contributed by atoms with Gasteiger partial charge in [0.1, 0.15) is 0 Å². The smallest absolute Gasteiger partial charge is 0.324 e. The first-order chi connectivity index (χ1) is 12.5. The summed E-state index contributed by atoms with van der Waals surface area (Å²) in [5.74, 6) is -0.0103. The van der Waals surface area contributed by atoms with E-state index in [9.17, 15) is 9.18 Å². The summed E-state index contributed by atoms with van der Waals surface area (Å²) in [5.41, 5.74) is 2.76. The number of nitrogens with one attached hydrogen (secondary N) is 2. The minimum Gasteiger partial charge on any atom is -0.494 e. The molecule has 0 spiro atoms. The summed E-state index contributed by atoms with van der Waals surface area (Å²) < 4.78 is 20.0. The predicted molar refractivity (Wildman–Crippen MR) is 98.1 cm³/mol. The van der Waals surface area contributed by atoms with Crippen molar-refractivity contribution in [2.24, 2.45) is 0 Å². The zero-order valence-electron chi connectivity index (χ0n) is 14.5. The highest BCUT2D eigenvalue weighted by atomic mass is 19.1. The average Bonchev–Trinajstić information content (AvgIpc) is 3.05. The van der Waals surface area contributed by atoms with Crippen molar-refractivity contribution in [2.45, 2.75) is 13.5 Å². The van der Waals surface area contributed by atoms with E-state index in [-0.39, 0.29) is 5.75 Å². The second kappa shape index (κ2) is 7.69. The van der Waals surface area contributed by atoms with Crippen molar-refractivity contribution in [3.8, 4) is 5.75 Å². The highest BCUT2D eigenvalue weighted by Gasteiger charge is 2.09. The molecule has 6 nitrogen and oxygen atoms in total. The van der Waals surface area contributed by atoms with Gasteiger partial charge in [0.05, 0.1) is 13.7 Å². The normalized spacial score (nSPS) is 10.4. The zero-order valence-corrected chi connectivity index (χ0v) is 14.5. The summed E-state index contributed by atoms with van der Waals surface area (Å²) in [6, 6.07) is 13.4. The van der Waals surface area contributed by atoms with Crippen LogP contribution in [0.2, 0.25) is 0 Å². The largest absolute Gasteiger partial charge is 0.494 e. The molecule has 2 aromatic carbocycles. The molecule has 0 aliphatic carbocycles. The van der Waals surface area contributed by atoms with Crippen molar-refractivity contribution in [3.05, 3.63) is 71.7 Å². The Hall–Kier alpha value is -3.35. The van der Waals surface area contributed by atoms with E-state index in [1.54, 1.807) is 16.9 Å². The van der Waals surface area contributed by atoms with Crippen LogP contribution in [-0.2, 0) is 6.54 Å². The van der Waals surface area contributed by atoms with Crippen molar-refractivity contribution in [3.63, 3.8) is 0 Å². The van der Waals surface area contributed by atoms with Crippen LogP contribution in [0, 0.1) is 12.7 Å². The molecule has 3 rings (SSSR count). The van der Waals surface area contributed by atoms with E-state index in [0.717, 1.165) is 5.56 Å². The Kier molecular flexibility index (Phi) is 5.17. The molecule has 0 saturated carbocycles. The maximum atomic E-state index is 13.4. The molecule has 2 amide bonds. The van der Waals surface area contributed by atoms with Gasteiger partial charge in [0.2, 0.25) is 0 Å². The molecule has 0 atom stereocenters. The van der Waals surface area contributed by atoms with Crippen molar-refractivity contribution < 1.29 is 13.9 Å². The number of aromatic nitrogens is 2. The van der Waals surface area contributed by atoms with Crippen LogP contribution in [0.4, 0.5) is 20.7 Å². The fourth-order valence-corrected chi connectivity index (χ4v) is 2.49. The minimum absolute atomic E-state index is 0.0605. The van der Waals surface area contributed by atoms with Crippen LogP contribution in [0.1, 0.15) is 11.1 Å². The minimum atomic E-state index is -0.492. The number of rotatable bonds is 5. The second-order valence-electron chi connectivity index (χ2n) is 5.75. The summed E-state index contributed by atoms with van der Waals surface area (Å²) in [5, 5.41) is 9.60. The lowest BCUT2D eigenvalue weighted by Crippen LogP contribution is -2.20. The summed E-state index contributed by atoms with van der Waals surface area (Å²) in [6.07, 6.45) is 1.79. The van der Waals surface area contributed by atoms with Gasteiger partial charge in [-0.1, -0.05) is 24.3 Å². The van der Waals surface area contributed by atoms with E-state index in [1.807, 2.05) is 31.2 Å². The van der Waals surface area contributed by atoms with Gasteiger partial charge in [-0.3, -0.25) is 10.00 Å². The molecule has 1 aromatic heterocycles. The van der Waals surface area contributed by atoms with Crippen LogP contribution in [0.5, 0.6) is 5.75 Å². The van der Waals surface area contributed by atoms with E-state index in [0.29, 0.717) is 18.1 Å². The second-order valence-corrected chi connectivity index (χ2v) is 5.75. The molecule has 0 bridgehead atoms. The Balaban J connectivity index is 1.62. The topological polar surface area (TPSA) is 68.2 Å². The Labute approximate surface area is 150 Å². The fourth-order valence-electron chi connectivity index (χ4n) is 2.49. The molecule has 26 heavy (non-hydrogen) atoms. The first-order valence-corrected chi connectivity index (χ1v) is 8.04. The lowest BCUT2D eigenvalue weighted by atomic mass is 10.1. The van der Waals surface area contributed by atoms with E-state index in [1.165, 1.54) is 30.9 Å². The molecule has 3 aromatic rings. The molecule has 7 heteroatoms. The molecule has 0 saturated heterocycles. The SMILES string of the molecule is COc1cc(NC(=O)Nc2ccn(Cc3ccccc3C)n2)ccc1F. The number of anilines is 2. The van der Waals surface area contributed by atoms with Gasteiger partial charge >= 0.3 is 6.03 Å². The molecule has 134 valence electrons. The van der Waals surface area contributed by atoms with Gasteiger partial charge < -0.3 is 10.1 Å². The van der Waals surface area contributed by atoms with Crippen molar-refractivity contribution in [1.29, 1.82) is 0 Å². The van der Waals surface area contributed by atoms with Gasteiger partial charge in [-0.15, -0.1) is 0 Å². The lowest BCUT2D eigenvalue weighted by molar-refractivity contribution is 0.262. The lowest BCUT2D eigenvalue weighted by Gasteiger charge is -2.08. The van der Waals surface area contributed by atoms with Gasteiger partial charge in [0.25, 0.3) is 0 Å². The molecule has 0 aliphatic rings. The number of aryl methyl sites for hydroxylation is 1. The number of hydrogen-bond donors (Lipinski definition) is 2. The maximum absolute atomic E-state index is 13.4. The summed E-state index contributed by atoms with van der Waals surface area (Å²) >= 11 is 0. The van der Waals surface area contributed by atoms with Crippen molar-refractivity contribution in [2.75, 3.05) is 17.7 Å². The van der Waals surface area contributed by atoms with Gasteiger partial charge in [0.15, 0.2) is 17.4 Å². The third-order valence-electron chi connectivity index (χ3n) is 3.88. The molecule has 1 heterocycles. The van der Waals surface area contributed by atoms with E-state index in [4.69, 9.17) is 4.74 Å². The van der Waals surface area contributed by atoms with E-state index >= 15 is 0 Å². The number of nitrogens with zero attached hydrogens (tertiary/aromatic N) is 2. The van der Waals surface area contributed by atoms with Crippen LogP contribution in [-0.4, -0.2) is 22.9 Å². The molecular weight excluding hydrogens is 335 g/mol. The Morgan fingerprint density at radius 2 is 2.00 bits per heavy atom. The number of urea groups is 1. The van der Waals surface area contributed by atoms with Crippen LogP contribution in [0.3, 0.4) is 0 Å². The van der Waals surface area contributed by atoms with Crippen LogP contribution in [0.25, 0.3) is 0 Å². The molecule has 0 aliphatic heterocycles. The van der Waals surface area contributed by atoms with E-state index < -0.39 is 11.8 Å². The number of methoxy groups -OCH3 is 1.